The highest BCUT2D eigenvalue weighted by atomic mass is 16.2. The number of carbonyl (C=O) groups is 1. The van der Waals surface area contributed by atoms with Gasteiger partial charge in [0.15, 0.2) is 5.65 Å². The number of hydrogen-bond acceptors (Lipinski definition) is 6. The highest BCUT2D eigenvalue weighted by molar-refractivity contribution is 5.90. The third-order valence-electron chi connectivity index (χ3n) is 5.20. The maximum Gasteiger partial charge on any atom is 0.348 e. The quantitative estimate of drug-likeness (QED) is 0.736. The van der Waals surface area contributed by atoms with E-state index in [0.717, 1.165) is 31.6 Å². The van der Waals surface area contributed by atoms with E-state index in [2.05, 4.69) is 39.1 Å². The van der Waals surface area contributed by atoms with Crippen molar-refractivity contribution in [2.45, 2.75) is 33.2 Å². The number of hydrogen-bond donors (Lipinski definition) is 1. The molecule has 9 nitrogen and oxygen atoms in total. The molecular formula is C19H23N7O2. The van der Waals surface area contributed by atoms with Gasteiger partial charge < -0.3 is 10.2 Å². The first kappa shape index (κ1) is 18.1. The molecule has 3 aromatic rings. The summed E-state index contributed by atoms with van der Waals surface area (Å²) in [6.07, 6.45) is 8.59. The molecule has 28 heavy (non-hydrogen) atoms. The number of amides is 1. The van der Waals surface area contributed by atoms with E-state index >= 15 is 0 Å². The van der Waals surface area contributed by atoms with Gasteiger partial charge in [-0.05, 0) is 30.4 Å². The monoisotopic (exact) mass is 381 g/mol. The Balaban J connectivity index is 1.46. The Hall–Kier alpha value is -3.23. The predicted molar refractivity (Wildman–Crippen MR) is 105 cm³/mol. The highest BCUT2D eigenvalue weighted by Crippen LogP contribution is 2.31. The number of nitrogens with one attached hydrogen (secondary N) is 1. The van der Waals surface area contributed by atoms with Gasteiger partial charge in [0.05, 0.1) is 23.8 Å². The molecule has 0 spiro atoms. The molecule has 0 atom stereocenters. The summed E-state index contributed by atoms with van der Waals surface area (Å²) in [6, 6.07) is 3.50. The molecule has 146 valence electrons. The van der Waals surface area contributed by atoms with E-state index in [4.69, 9.17) is 0 Å². The average Bonchev–Trinajstić information content (AvgIpc) is 3.11. The summed E-state index contributed by atoms with van der Waals surface area (Å²) in [5, 5.41) is 6.82. The second-order valence-corrected chi connectivity index (χ2v) is 7.90. The molecule has 1 N–H and O–H groups in total. The third-order valence-corrected chi connectivity index (χ3v) is 5.20. The van der Waals surface area contributed by atoms with Crippen molar-refractivity contribution in [2.24, 2.45) is 5.41 Å². The van der Waals surface area contributed by atoms with Crippen LogP contribution in [0.1, 0.15) is 26.7 Å². The Labute approximate surface area is 162 Å². The van der Waals surface area contributed by atoms with Gasteiger partial charge in [-0.1, -0.05) is 13.8 Å². The van der Waals surface area contributed by atoms with Crippen molar-refractivity contribution in [2.75, 3.05) is 23.3 Å². The molecule has 0 saturated carbocycles. The third kappa shape index (κ3) is 3.88. The number of pyridine rings is 1. The van der Waals surface area contributed by atoms with E-state index in [1.54, 1.807) is 35.2 Å². The second kappa shape index (κ2) is 7.06. The van der Waals surface area contributed by atoms with Gasteiger partial charge >= 0.3 is 5.69 Å². The Morgan fingerprint density at radius 3 is 2.75 bits per heavy atom. The zero-order valence-corrected chi connectivity index (χ0v) is 16.0. The Morgan fingerprint density at radius 1 is 1.18 bits per heavy atom. The summed E-state index contributed by atoms with van der Waals surface area (Å²) in [6.45, 7) is 6.26. The van der Waals surface area contributed by atoms with Crippen molar-refractivity contribution in [1.29, 1.82) is 0 Å². The molecular weight excluding hydrogens is 358 g/mol. The first-order valence-corrected chi connectivity index (χ1v) is 9.30. The van der Waals surface area contributed by atoms with Crippen molar-refractivity contribution >= 4 is 22.9 Å². The molecule has 3 aromatic heterocycles. The van der Waals surface area contributed by atoms with E-state index < -0.39 is 5.69 Å². The summed E-state index contributed by atoms with van der Waals surface area (Å²) >= 11 is 0. The minimum Gasteiger partial charge on any atom is -0.369 e. The molecule has 0 radical (unpaired) electrons. The minimum absolute atomic E-state index is 0.103. The van der Waals surface area contributed by atoms with Gasteiger partial charge in [-0.2, -0.15) is 10.1 Å². The number of fused-ring (bicyclic) bond motifs is 1. The molecule has 4 rings (SSSR count). The summed E-state index contributed by atoms with van der Waals surface area (Å²) in [5.41, 5.74) is 2.04. The number of rotatable bonds is 4. The van der Waals surface area contributed by atoms with E-state index in [9.17, 15) is 9.59 Å². The Bertz CT molecular complexity index is 1060. The van der Waals surface area contributed by atoms with Crippen molar-refractivity contribution in [3.63, 3.8) is 0 Å². The van der Waals surface area contributed by atoms with Gasteiger partial charge in [0.1, 0.15) is 12.9 Å². The van der Waals surface area contributed by atoms with Crippen LogP contribution in [0.3, 0.4) is 0 Å². The molecule has 1 saturated heterocycles. The van der Waals surface area contributed by atoms with Gasteiger partial charge in [0.25, 0.3) is 0 Å². The summed E-state index contributed by atoms with van der Waals surface area (Å²) in [5.74, 6) is -0.305. The molecule has 0 aromatic carbocycles. The van der Waals surface area contributed by atoms with Crippen molar-refractivity contribution < 1.29 is 4.79 Å². The molecule has 1 aliphatic rings. The van der Waals surface area contributed by atoms with Crippen LogP contribution in [0.4, 0.5) is 11.4 Å². The van der Waals surface area contributed by atoms with E-state index in [1.807, 2.05) is 0 Å². The molecule has 1 aliphatic heterocycles. The SMILES string of the molecule is CC1(C)CCN(c2cnc(=O)n(CC(=O)Nc3ccc4ncnn4c3)c2)CC1. The highest BCUT2D eigenvalue weighted by Gasteiger charge is 2.25. The van der Waals surface area contributed by atoms with Crippen molar-refractivity contribution in [3.05, 3.63) is 47.5 Å². The topological polar surface area (TPSA) is 97.4 Å². The van der Waals surface area contributed by atoms with Crippen LogP contribution in [-0.2, 0) is 11.3 Å². The largest absolute Gasteiger partial charge is 0.369 e. The number of aromatic nitrogens is 5. The number of carbonyl (C=O) groups excluding carboxylic acids is 1. The molecule has 1 amide bonds. The average molecular weight is 381 g/mol. The summed E-state index contributed by atoms with van der Waals surface area (Å²) in [7, 11) is 0. The van der Waals surface area contributed by atoms with Crippen LogP contribution in [-0.4, -0.2) is 43.1 Å². The van der Waals surface area contributed by atoms with Crippen LogP contribution in [0.25, 0.3) is 5.65 Å². The first-order valence-electron chi connectivity index (χ1n) is 9.30. The smallest absolute Gasteiger partial charge is 0.348 e. The number of anilines is 2. The molecule has 1 fully saturated rings. The molecule has 0 unspecified atom stereocenters. The van der Waals surface area contributed by atoms with Crippen molar-refractivity contribution in [1.82, 2.24) is 24.1 Å². The maximum absolute atomic E-state index is 12.4. The van der Waals surface area contributed by atoms with Gasteiger partial charge in [-0.15, -0.1) is 0 Å². The van der Waals surface area contributed by atoms with E-state index in [-0.39, 0.29) is 12.5 Å². The lowest BCUT2D eigenvalue weighted by Crippen LogP contribution is -2.38. The zero-order valence-electron chi connectivity index (χ0n) is 16.0. The van der Waals surface area contributed by atoms with E-state index in [1.165, 1.54) is 10.9 Å². The fraction of sp³-hybridized carbons (Fsp3) is 0.421. The summed E-state index contributed by atoms with van der Waals surface area (Å²) in [4.78, 5) is 34.8. The van der Waals surface area contributed by atoms with Gasteiger partial charge in [-0.3, -0.25) is 9.36 Å². The molecule has 0 aliphatic carbocycles. The maximum atomic E-state index is 12.4. The lowest BCUT2D eigenvalue weighted by atomic mass is 9.82. The predicted octanol–water partition coefficient (Wildman–Crippen LogP) is 1.55. The fourth-order valence-corrected chi connectivity index (χ4v) is 3.34. The van der Waals surface area contributed by atoms with E-state index in [0.29, 0.717) is 16.7 Å². The minimum atomic E-state index is -0.442. The standard InChI is InChI=1S/C19H23N7O2/c1-19(2)5-7-24(8-6-19)15-9-20-18(28)25(11-15)12-17(27)23-14-3-4-16-21-13-22-26(16)10-14/h3-4,9-11,13H,5-8,12H2,1-2H3,(H,23,27). The summed E-state index contributed by atoms with van der Waals surface area (Å²) < 4.78 is 2.92. The van der Waals surface area contributed by atoms with Crippen LogP contribution in [0.2, 0.25) is 0 Å². The number of piperidine rings is 1. The second-order valence-electron chi connectivity index (χ2n) is 7.90. The van der Waals surface area contributed by atoms with Crippen LogP contribution in [0, 0.1) is 5.41 Å². The Morgan fingerprint density at radius 2 is 1.96 bits per heavy atom. The number of nitrogens with zero attached hydrogens (tertiary/aromatic N) is 6. The van der Waals surface area contributed by atoms with Crippen molar-refractivity contribution in [3.8, 4) is 0 Å². The van der Waals surface area contributed by atoms with Gasteiger partial charge in [0.2, 0.25) is 5.91 Å². The lowest BCUT2D eigenvalue weighted by molar-refractivity contribution is -0.116. The van der Waals surface area contributed by atoms with Gasteiger partial charge in [0, 0.05) is 19.3 Å². The normalized spacial score (nSPS) is 16.3. The van der Waals surface area contributed by atoms with Gasteiger partial charge in [-0.25, -0.2) is 14.3 Å². The Kier molecular flexibility index (Phi) is 4.58. The zero-order chi connectivity index (χ0) is 19.7. The first-order chi connectivity index (χ1) is 13.4. The van der Waals surface area contributed by atoms with Crippen LogP contribution in [0.15, 0.2) is 41.8 Å². The molecule has 4 heterocycles. The van der Waals surface area contributed by atoms with Crippen LogP contribution >= 0.6 is 0 Å². The lowest BCUT2D eigenvalue weighted by Gasteiger charge is -2.38. The molecule has 0 bridgehead atoms. The van der Waals surface area contributed by atoms with Crippen LogP contribution in [0.5, 0.6) is 0 Å². The molecule has 9 heteroatoms. The fourth-order valence-electron chi connectivity index (χ4n) is 3.34. The van der Waals surface area contributed by atoms with Crippen LogP contribution < -0.4 is 15.9 Å².